The lowest BCUT2D eigenvalue weighted by Crippen LogP contribution is -1.93. The molecule has 0 aliphatic heterocycles. The van der Waals surface area contributed by atoms with Crippen LogP contribution in [-0.2, 0) is 9.05 Å². The van der Waals surface area contributed by atoms with Gasteiger partial charge in [0.2, 0.25) is 0 Å². The SMILES string of the molecule is COc1cc(I)cc(S(=O)(=O)Cl)c1. The van der Waals surface area contributed by atoms with Gasteiger partial charge in [0.1, 0.15) is 5.75 Å². The second-order valence-electron chi connectivity index (χ2n) is 2.26. The van der Waals surface area contributed by atoms with Crippen molar-refractivity contribution in [2.45, 2.75) is 4.90 Å². The molecule has 0 aromatic heterocycles. The molecular weight excluding hydrogens is 326 g/mol. The first-order valence-corrected chi connectivity index (χ1v) is 6.61. The summed E-state index contributed by atoms with van der Waals surface area (Å²) in [5.41, 5.74) is 0. The van der Waals surface area contributed by atoms with E-state index in [-0.39, 0.29) is 4.90 Å². The van der Waals surface area contributed by atoms with Gasteiger partial charge in [0, 0.05) is 20.3 Å². The van der Waals surface area contributed by atoms with Crippen molar-refractivity contribution in [1.29, 1.82) is 0 Å². The van der Waals surface area contributed by atoms with Gasteiger partial charge in [-0.1, -0.05) is 0 Å². The molecule has 0 heterocycles. The summed E-state index contributed by atoms with van der Waals surface area (Å²) in [7, 11) is 2.97. The quantitative estimate of drug-likeness (QED) is 0.616. The van der Waals surface area contributed by atoms with Crippen molar-refractivity contribution in [2.75, 3.05) is 7.11 Å². The molecule has 72 valence electrons. The molecule has 0 saturated heterocycles. The standard InChI is InChI=1S/C7H6ClIO3S/c1-12-6-2-5(9)3-7(4-6)13(8,10)11/h2-4H,1H3. The Hall–Kier alpha value is -0.0100. The highest BCUT2D eigenvalue weighted by Crippen LogP contribution is 2.23. The third-order valence-corrected chi connectivity index (χ3v) is 3.32. The molecule has 0 aliphatic carbocycles. The van der Waals surface area contributed by atoms with Gasteiger partial charge in [0.25, 0.3) is 9.05 Å². The van der Waals surface area contributed by atoms with Crippen molar-refractivity contribution < 1.29 is 13.2 Å². The number of hydrogen-bond acceptors (Lipinski definition) is 3. The molecular formula is C7H6ClIO3S. The van der Waals surface area contributed by atoms with Gasteiger partial charge in [-0.3, -0.25) is 0 Å². The largest absolute Gasteiger partial charge is 0.497 e. The van der Waals surface area contributed by atoms with Gasteiger partial charge >= 0.3 is 0 Å². The van der Waals surface area contributed by atoms with E-state index in [9.17, 15) is 8.42 Å². The van der Waals surface area contributed by atoms with Crippen LogP contribution in [-0.4, -0.2) is 15.5 Å². The van der Waals surface area contributed by atoms with Gasteiger partial charge in [0.05, 0.1) is 12.0 Å². The maximum absolute atomic E-state index is 11.0. The molecule has 0 atom stereocenters. The molecule has 13 heavy (non-hydrogen) atoms. The Morgan fingerprint density at radius 1 is 1.38 bits per heavy atom. The molecule has 0 spiro atoms. The molecule has 0 bridgehead atoms. The average Bonchev–Trinajstić information content (AvgIpc) is 2.01. The fourth-order valence-corrected chi connectivity index (χ4v) is 2.44. The summed E-state index contributed by atoms with van der Waals surface area (Å²) in [6, 6.07) is 4.57. The van der Waals surface area contributed by atoms with Gasteiger partial charge < -0.3 is 4.74 Å². The van der Waals surface area contributed by atoms with Crippen LogP contribution in [0.1, 0.15) is 0 Å². The van der Waals surface area contributed by atoms with Crippen molar-refractivity contribution in [2.24, 2.45) is 0 Å². The highest BCUT2D eigenvalue weighted by Gasteiger charge is 2.11. The third kappa shape index (κ3) is 2.99. The van der Waals surface area contributed by atoms with E-state index in [2.05, 4.69) is 0 Å². The maximum Gasteiger partial charge on any atom is 0.261 e. The van der Waals surface area contributed by atoms with Gasteiger partial charge in [-0.25, -0.2) is 8.42 Å². The summed E-state index contributed by atoms with van der Waals surface area (Å²) >= 11 is 1.99. The number of ether oxygens (including phenoxy) is 1. The van der Waals surface area contributed by atoms with E-state index in [1.54, 1.807) is 6.07 Å². The Kier molecular flexibility index (Phi) is 3.42. The number of benzene rings is 1. The molecule has 0 amide bonds. The minimum absolute atomic E-state index is 0.0536. The second kappa shape index (κ2) is 4.02. The fourth-order valence-electron chi connectivity index (χ4n) is 0.796. The molecule has 0 fully saturated rings. The first kappa shape index (κ1) is 11.1. The highest BCUT2D eigenvalue weighted by molar-refractivity contribution is 14.1. The summed E-state index contributed by atoms with van der Waals surface area (Å²) in [6.07, 6.45) is 0. The summed E-state index contributed by atoms with van der Waals surface area (Å²) in [6.45, 7) is 0. The lowest BCUT2D eigenvalue weighted by atomic mass is 10.3. The Morgan fingerprint density at radius 2 is 2.00 bits per heavy atom. The molecule has 0 saturated carbocycles. The lowest BCUT2D eigenvalue weighted by Gasteiger charge is -2.02. The topological polar surface area (TPSA) is 43.4 Å². The van der Waals surface area contributed by atoms with Gasteiger partial charge in [-0.15, -0.1) is 0 Å². The first-order chi connectivity index (χ1) is 5.93. The minimum Gasteiger partial charge on any atom is -0.497 e. The van der Waals surface area contributed by atoms with Crippen LogP contribution in [0.25, 0.3) is 0 Å². The van der Waals surface area contributed by atoms with E-state index in [1.807, 2.05) is 22.6 Å². The van der Waals surface area contributed by atoms with E-state index >= 15 is 0 Å². The van der Waals surface area contributed by atoms with Crippen LogP contribution >= 0.6 is 33.3 Å². The number of hydrogen-bond donors (Lipinski definition) is 0. The molecule has 1 aromatic rings. The number of rotatable bonds is 2. The molecule has 0 unspecified atom stereocenters. The van der Waals surface area contributed by atoms with Gasteiger partial charge in [0.15, 0.2) is 0 Å². The number of halogens is 2. The summed E-state index contributed by atoms with van der Waals surface area (Å²) in [4.78, 5) is 0.0536. The van der Waals surface area contributed by atoms with E-state index in [1.165, 1.54) is 19.2 Å². The van der Waals surface area contributed by atoms with E-state index in [0.29, 0.717) is 5.75 Å². The van der Waals surface area contributed by atoms with E-state index in [0.717, 1.165) is 3.57 Å². The normalized spacial score (nSPS) is 11.3. The minimum atomic E-state index is -3.67. The summed E-state index contributed by atoms with van der Waals surface area (Å²) in [5.74, 6) is 0.478. The fraction of sp³-hybridized carbons (Fsp3) is 0.143. The van der Waals surface area contributed by atoms with Crippen LogP contribution in [0.4, 0.5) is 0 Å². The Labute approximate surface area is 94.6 Å². The van der Waals surface area contributed by atoms with Crippen LogP contribution in [0.15, 0.2) is 23.1 Å². The van der Waals surface area contributed by atoms with Crippen molar-refractivity contribution >= 4 is 42.3 Å². The Bertz CT molecular complexity index is 416. The lowest BCUT2D eigenvalue weighted by molar-refractivity contribution is 0.413. The second-order valence-corrected chi connectivity index (χ2v) is 6.08. The number of methoxy groups -OCH3 is 1. The monoisotopic (exact) mass is 332 g/mol. The molecule has 0 N–H and O–H groups in total. The Morgan fingerprint density at radius 3 is 2.46 bits per heavy atom. The predicted molar refractivity (Wildman–Crippen MR) is 58.7 cm³/mol. The average molecular weight is 333 g/mol. The highest BCUT2D eigenvalue weighted by atomic mass is 127. The van der Waals surface area contributed by atoms with Crippen molar-refractivity contribution in [3.63, 3.8) is 0 Å². The van der Waals surface area contributed by atoms with Crippen LogP contribution < -0.4 is 4.74 Å². The van der Waals surface area contributed by atoms with E-state index in [4.69, 9.17) is 15.4 Å². The predicted octanol–water partition coefficient (Wildman–Crippen LogP) is 2.23. The summed E-state index contributed by atoms with van der Waals surface area (Å²) in [5, 5.41) is 0. The zero-order chi connectivity index (χ0) is 10.1. The van der Waals surface area contributed by atoms with Crippen LogP contribution in [0, 0.1) is 3.57 Å². The Balaban J connectivity index is 3.33. The first-order valence-electron chi connectivity index (χ1n) is 3.23. The van der Waals surface area contributed by atoms with Gasteiger partial charge in [-0.05, 0) is 34.7 Å². The maximum atomic E-state index is 11.0. The van der Waals surface area contributed by atoms with Crippen LogP contribution in [0.5, 0.6) is 5.75 Å². The molecule has 6 heteroatoms. The smallest absolute Gasteiger partial charge is 0.261 e. The summed E-state index contributed by atoms with van der Waals surface area (Å²) < 4.78 is 27.6. The molecule has 0 radical (unpaired) electrons. The molecule has 1 rings (SSSR count). The van der Waals surface area contributed by atoms with Gasteiger partial charge in [-0.2, -0.15) is 0 Å². The molecule has 0 aliphatic rings. The van der Waals surface area contributed by atoms with E-state index < -0.39 is 9.05 Å². The van der Waals surface area contributed by atoms with Crippen molar-refractivity contribution in [3.8, 4) is 5.75 Å². The van der Waals surface area contributed by atoms with Crippen molar-refractivity contribution in [3.05, 3.63) is 21.8 Å². The zero-order valence-electron chi connectivity index (χ0n) is 6.62. The van der Waals surface area contributed by atoms with Crippen molar-refractivity contribution in [1.82, 2.24) is 0 Å². The zero-order valence-corrected chi connectivity index (χ0v) is 10.4. The third-order valence-electron chi connectivity index (χ3n) is 1.36. The molecule has 1 aromatic carbocycles. The van der Waals surface area contributed by atoms with Crippen LogP contribution in [0.3, 0.4) is 0 Å². The molecule has 3 nitrogen and oxygen atoms in total. The van der Waals surface area contributed by atoms with Crippen LogP contribution in [0.2, 0.25) is 0 Å².